The summed E-state index contributed by atoms with van der Waals surface area (Å²) in [5.41, 5.74) is 18.8. The van der Waals surface area contributed by atoms with Crippen LogP contribution in [0.25, 0.3) is 5.57 Å². The average Bonchev–Trinajstić information content (AvgIpc) is 3.45. The molecule has 1 aromatic heterocycles. The first-order chi connectivity index (χ1) is 13.8. The van der Waals surface area contributed by atoms with E-state index < -0.39 is 0 Å². The molecule has 0 amide bonds. The number of nitrogen functional groups attached to an aromatic ring is 1. The third-order valence-corrected chi connectivity index (χ3v) is 6.91. The highest BCUT2D eigenvalue weighted by molar-refractivity contribution is 7.99. The fourth-order valence-corrected chi connectivity index (χ4v) is 4.78. The number of benzene rings is 1. The zero-order chi connectivity index (χ0) is 22.2. The van der Waals surface area contributed by atoms with Crippen LogP contribution in [0.3, 0.4) is 0 Å². The first-order valence-electron chi connectivity index (χ1n) is 9.62. The van der Waals surface area contributed by atoms with Gasteiger partial charge in [-0.3, -0.25) is 5.14 Å². The zero-order valence-electron chi connectivity index (χ0n) is 18.0. The molecular weight excluding hydrogens is 400 g/mol. The molecule has 29 heavy (non-hydrogen) atoms. The van der Waals surface area contributed by atoms with E-state index in [0.29, 0.717) is 0 Å². The zero-order valence-corrected chi connectivity index (χ0v) is 19.6. The molecule has 1 aromatic carbocycles. The Balaban J connectivity index is 0.000000254. The Morgan fingerprint density at radius 3 is 2.28 bits per heavy atom. The molecule has 5 nitrogen and oxygen atoms in total. The smallest absolute Gasteiger partial charge is 0.106 e. The van der Waals surface area contributed by atoms with Crippen molar-refractivity contribution in [2.24, 2.45) is 10.9 Å². The summed E-state index contributed by atoms with van der Waals surface area (Å²) in [5.74, 6) is 0. The van der Waals surface area contributed by atoms with Gasteiger partial charge in [-0.05, 0) is 73.4 Å². The molecule has 7 heteroatoms. The largest absolute Gasteiger partial charge is 0.398 e. The third kappa shape index (κ3) is 6.15. The van der Waals surface area contributed by atoms with Gasteiger partial charge in [-0.1, -0.05) is 33.4 Å². The van der Waals surface area contributed by atoms with E-state index in [9.17, 15) is 0 Å². The van der Waals surface area contributed by atoms with Crippen molar-refractivity contribution >= 4 is 41.3 Å². The molecule has 1 heterocycles. The lowest BCUT2D eigenvalue weighted by Crippen LogP contribution is -2.09. The summed E-state index contributed by atoms with van der Waals surface area (Å²) in [4.78, 5) is 12.3. The molecule has 0 saturated heterocycles. The van der Waals surface area contributed by atoms with Crippen molar-refractivity contribution in [1.82, 2.24) is 4.98 Å². The van der Waals surface area contributed by atoms with E-state index in [-0.39, 0.29) is 5.41 Å². The Labute approximate surface area is 183 Å². The predicted octanol–water partition coefficient (Wildman–Crippen LogP) is 4.51. The number of nitrogens with zero attached hydrogens (tertiary/aromatic N) is 1. The van der Waals surface area contributed by atoms with Crippen molar-refractivity contribution in [3.05, 3.63) is 46.1 Å². The van der Waals surface area contributed by atoms with Crippen molar-refractivity contribution in [3.8, 4) is 0 Å². The SMILES string of the molecule is C=C1CCc2cc3c(c(N)c21)CCC3.C=O.CC(C)(C)c1ncc(SN)s1.CN. The number of nitrogens with two attached hydrogens (primary N) is 3. The van der Waals surface area contributed by atoms with Crippen LogP contribution in [0, 0.1) is 0 Å². The number of hydrogen-bond donors (Lipinski definition) is 3. The molecule has 2 aromatic rings. The fraction of sp³-hybridized carbons (Fsp3) is 0.455. The lowest BCUT2D eigenvalue weighted by atomic mass is 9.98. The predicted molar refractivity (Wildman–Crippen MR) is 128 cm³/mol. The van der Waals surface area contributed by atoms with Gasteiger partial charge in [0.25, 0.3) is 0 Å². The molecule has 0 bridgehead atoms. The maximum atomic E-state index is 8.00. The minimum absolute atomic E-state index is 0.151. The summed E-state index contributed by atoms with van der Waals surface area (Å²) in [6.07, 6.45) is 7.74. The van der Waals surface area contributed by atoms with E-state index in [0.717, 1.165) is 27.7 Å². The summed E-state index contributed by atoms with van der Waals surface area (Å²) < 4.78 is 1.08. The summed E-state index contributed by atoms with van der Waals surface area (Å²) >= 11 is 2.93. The van der Waals surface area contributed by atoms with Crippen molar-refractivity contribution < 1.29 is 4.79 Å². The monoisotopic (exact) mass is 434 g/mol. The van der Waals surface area contributed by atoms with E-state index in [1.165, 1.54) is 66.1 Å². The van der Waals surface area contributed by atoms with Gasteiger partial charge in [0.1, 0.15) is 6.79 Å². The maximum Gasteiger partial charge on any atom is 0.106 e. The van der Waals surface area contributed by atoms with Gasteiger partial charge in [-0.2, -0.15) is 0 Å². The Morgan fingerprint density at radius 2 is 1.76 bits per heavy atom. The molecule has 0 saturated carbocycles. The Bertz CT molecular complexity index is 825. The second-order valence-corrected chi connectivity index (χ2v) is 9.74. The third-order valence-electron chi connectivity index (χ3n) is 4.82. The van der Waals surface area contributed by atoms with Crippen molar-refractivity contribution in [1.29, 1.82) is 0 Å². The maximum absolute atomic E-state index is 8.00. The van der Waals surface area contributed by atoms with Crippen LogP contribution in [0.1, 0.15) is 60.9 Å². The number of hydrogen-bond acceptors (Lipinski definition) is 7. The van der Waals surface area contributed by atoms with Gasteiger partial charge >= 0.3 is 0 Å². The van der Waals surface area contributed by atoms with Gasteiger partial charge in [0.15, 0.2) is 0 Å². The molecule has 0 aliphatic heterocycles. The van der Waals surface area contributed by atoms with E-state index in [1.54, 1.807) is 11.3 Å². The van der Waals surface area contributed by atoms with Crippen LogP contribution in [0.5, 0.6) is 0 Å². The van der Waals surface area contributed by atoms with Crippen LogP contribution in [-0.4, -0.2) is 18.8 Å². The number of carbonyl (C=O) groups is 1. The van der Waals surface area contributed by atoms with Crippen molar-refractivity contribution in [2.75, 3.05) is 12.8 Å². The molecule has 160 valence electrons. The molecule has 2 aliphatic rings. The number of aromatic nitrogens is 1. The summed E-state index contributed by atoms with van der Waals surface area (Å²) in [5, 5.41) is 6.54. The minimum atomic E-state index is 0.151. The molecule has 6 N–H and O–H groups in total. The van der Waals surface area contributed by atoms with E-state index in [2.05, 4.69) is 44.1 Å². The number of allylic oxidation sites excluding steroid dienone is 1. The van der Waals surface area contributed by atoms with Gasteiger partial charge < -0.3 is 16.3 Å². The first-order valence-corrected chi connectivity index (χ1v) is 11.3. The van der Waals surface area contributed by atoms with Crippen molar-refractivity contribution in [3.63, 3.8) is 0 Å². The molecule has 0 unspecified atom stereocenters. The van der Waals surface area contributed by atoms with Crippen LogP contribution in [0.15, 0.2) is 23.1 Å². The minimum Gasteiger partial charge on any atom is -0.398 e. The number of thiazole rings is 1. The molecule has 0 fully saturated rings. The highest BCUT2D eigenvalue weighted by Crippen LogP contribution is 2.41. The Kier molecular flexibility index (Phi) is 10.1. The van der Waals surface area contributed by atoms with E-state index in [4.69, 9.17) is 15.7 Å². The van der Waals surface area contributed by atoms with Gasteiger partial charge in [0.05, 0.1) is 15.4 Å². The first kappa shape index (κ1) is 25.4. The van der Waals surface area contributed by atoms with Crippen molar-refractivity contribution in [2.45, 2.75) is 62.5 Å². The second kappa shape index (κ2) is 11.5. The van der Waals surface area contributed by atoms with Crippen LogP contribution >= 0.6 is 23.3 Å². The highest BCUT2D eigenvalue weighted by Gasteiger charge is 2.24. The fourth-order valence-electron chi connectivity index (χ4n) is 3.53. The molecule has 0 atom stereocenters. The summed E-state index contributed by atoms with van der Waals surface area (Å²) in [7, 11) is 1.50. The van der Waals surface area contributed by atoms with Crippen LogP contribution in [-0.2, 0) is 29.5 Å². The second-order valence-electron chi connectivity index (χ2n) is 7.77. The summed E-state index contributed by atoms with van der Waals surface area (Å²) in [6, 6.07) is 2.37. The molecular formula is C22H34N4OS2. The number of anilines is 1. The highest BCUT2D eigenvalue weighted by atomic mass is 32.2. The van der Waals surface area contributed by atoms with Crippen LogP contribution in [0.4, 0.5) is 5.69 Å². The Morgan fingerprint density at radius 1 is 1.10 bits per heavy atom. The number of fused-ring (bicyclic) bond motifs is 2. The lowest BCUT2D eigenvalue weighted by Gasteiger charge is -2.13. The molecule has 0 radical (unpaired) electrons. The number of aryl methyl sites for hydroxylation is 2. The average molecular weight is 435 g/mol. The van der Waals surface area contributed by atoms with Gasteiger partial charge in [0.2, 0.25) is 0 Å². The molecule has 0 spiro atoms. The van der Waals surface area contributed by atoms with E-state index in [1.807, 2.05) is 13.0 Å². The van der Waals surface area contributed by atoms with Gasteiger partial charge in [-0.25, -0.2) is 4.98 Å². The van der Waals surface area contributed by atoms with Gasteiger partial charge in [0, 0.05) is 16.7 Å². The molecule has 4 rings (SSSR count). The topological polar surface area (TPSA) is 108 Å². The van der Waals surface area contributed by atoms with Crippen LogP contribution < -0.4 is 16.6 Å². The van der Waals surface area contributed by atoms with Crippen LogP contribution in [0.2, 0.25) is 0 Å². The van der Waals surface area contributed by atoms with Gasteiger partial charge in [-0.15, -0.1) is 11.3 Å². The lowest BCUT2D eigenvalue weighted by molar-refractivity contribution is -0.0979. The standard InChI is InChI=1S/C13H15N.C7H12N2S2.CH5N.CH2O/c1-8-5-6-10-7-9-3-2-4-11(9)13(14)12(8)10;1-7(2,3)6-9-4-5(10-6)11-8;2*1-2/h7H,1-6,14H2;4H,8H2,1-3H3;2H2,1H3;1H2. The summed E-state index contributed by atoms with van der Waals surface area (Å²) in [6.45, 7) is 12.6. The normalized spacial score (nSPS) is 13.8. The van der Waals surface area contributed by atoms with E-state index >= 15 is 0 Å². The quantitative estimate of drug-likeness (QED) is 0.450. The number of carbonyl (C=O) groups excluding carboxylic acids is 1. The Hall–Kier alpha value is -1.67. The molecule has 2 aliphatic carbocycles. The number of rotatable bonds is 1.